The van der Waals surface area contributed by atoms with Crippen molar-refractivity contribution in [2.45, 2.75) is 63.9 Å². The predicted octanol–water partition coefficient (Wildman–Crippen LogP) is -1.97. The Morgan fingerprint density at radius 2 is 1.57 bits per heavy atom. The van der Waals surface area contributed by atoms with Gasteiger partial charge in [-0.05, 0) is 31.3 Å². The molecule has 0 aliphatic carbocycles. The van der Waals surface area contributed by atoms with Crippen LogP contribution in [0.2, 0.25) is 0 Å². The van der Waals surface area contributed by atoms with Gasteiger partial charge < -0.3 is 37.0 Å². The molecular weight excluding hydrogens is 416 g/mol. The number of hydrogen-bond acceptors (Lipinski definition) is 8. The highest BCUT2D eigenvalue weighted by Crippen LogP contribution is 2.10. The van der Waals surface area contributed by atoms with E-state index in [2.05, 4.69) is 16.0 Å². The van der Waals surface area contributed by atoms with Crippen LogP contribution in [0.3, 0.4) is 0 Å². The zero-order chi connectivity index (χ0) is 23.4. The van der Waals surface area contributed by atoms with Crippen LogP contribution in [-0.2, 0) is 19.2 Å². The Hall–Kier alpha value is -1.89. The standard InChI is InChI=1S/C18H34N4O7S/c1-5-9(2)14(17(27)21-12(8-23)18(28)29)22-15(25)11(6-7-30-4)20-16(26)13(19)10(3)24/h9-14,23-24H,5-8,19H2,1-4H3,(H,20,26)(H,21,27)(H,22,25)(H,28,29). The molecule has 0 fully saturated rings. The van der Waals surface area contributed by atoms with Gasteiger partial charge in [0.25, 0.3) is 0 Å². The van der Waals surface area contributed by atoms with Crippen LogP contribution in [0.25, 0.3) is 0 Å². The molecule has 6 atom stereocenters. The summed E-state index contributed by atoms with van der Waals surface area (Å²) in [4.78, 5) is 48.6. The summed E-state index contributed by atoms with van der Waals surface area (Å²) in [7, 11) is 0. The normalized spacial score (nSPS) is 17.0. The van der Waals surface area contributed by atoms with Crippen LogP contribution in [-0.4, -0.2) is 87.9 Å². The maximum Gasteiger partial charge on any atom is 0.328 e. The molecule has 11 nitrogen and oxygen atoms in total. The van der Waals surface area contributed by atoms with Crippen molar-refractivity contribution >= 4 is 35.5 Å². The van der Waals surface area contributed by atoms with Gasteiger partial charge in [-0.15, -0.1) is 0 Å². The van der Waals surface area contributed by atoms with Crippen LogP contribution >= 0.6 is 11.8 Å². The fourth-order valence-electron chi connectivity index (χ4n) is 2.39. The van der Waals surface area contributed by atoms with Crippen molar-refractivity contribution in [3.8, 4) is 0 Å². The smallest absolute Gasteiger partial charge is 0.328 e. The highest BCUT2D eigenvalue weighted by Gasteiger charge is 2.32. The van der Waals surface area contributed by atoms with Crippen molar-refractivity contribution in [2.75, 3.05) is 18.6 Å². The highest BCUT2D eigenvalue weighted by molar-refractivity contribution is 7.98. The monoisotopic (exact) mass is 450 g/mol. The van der Waals surface area contributed by atoms with Crippen LogP contribution in [0.5, 0.6) is 0 Å². The molecule has 0 saturated heterocycles. The third kappa shape index (κ3) is 9.28. The van der Waals surface area contributed by atoms with Gasteiger partial charge in [0, 0.05) is 0 Å². The summed E-state index contributed by atoms with van der Waals surface area (Å²) < 4.78 is 0. The van der Waals surface area contributed by atoms with E-state index in [-0.39, 0.29) is 12.3 Å². The summed E-state index contributed by atoms with van der Waals surface area (Å²) in [5, 5.41) is 34.9. The Kier molecular flexibility index (Phi) is 13.3. The molecule has 0 aliphatic rings. The van der Waals surface area contributed by atoms with Crippen molar-refractivity contribution in [1.29, 1.82) is 0 Å². The highest BCUT2D eigenvalue weighted by atomic mass is 32.2. The molecule has 3 amide bonds. The number of carbonyl (C=O) groups is 4. The molecule has 0 saturated carbocycles. The topological polar surface area (TPSA) is 191 Å². The molecule has 8 N–H and O–H groups in total. The number of aliphatic carboxylic acids is 1. The molecule has 0 rings (SSSR count). The molecule has 0 aliphatic heterocycles. The molecule has 12 heteroatoms. The first-order chi connectivity index (χ1) is 14.0. The van der Waals surface area contributed by atoms with E-state index in [4.69, 9.17) is 15.9 Å². The molecule has 0 radical (unpaired) electrons. The van der Waals surface area contributed by atoms with Crippen molar-refractivity contribution in [1.82, 2.24) is 16.0 Å². The molecular formula is C18H34N4O7S. The van der Waals surface area contributed by atoms with Gasteiger partial charge in [0.1, 0.15) is 24.2 Å². The number of thioether (sulfide) groups is 1. The minimum absolute atomic E-state index is 0.258. The Labute approximate surface area is 180 Å². The van der Waals surface area contributed by atoms with E-state index >= 15 is 0 Å². The van der Waals surface area contributed by atoms with Gasteiger partial charge in [-0.25, -0.2) is 4.79 Å². The van der Waals surface area contributed by atoms with Gasteiger partial charge in [0.15, 0.2) is 0 Å². The first-order valence-corrected chi connectivity index (χ1v) is 11.1. The zero-order valence-corrected chi connectivity index (χ0v) is 18.6. The molecule has 0 aromatic heterocycles. The van der Waals surface area contributed by atoms with Crippen LogP contribution in [0.1, 0.15) is 33.6 Å². The second kappa shape index (κ2) is 14.2. The third-order valence-electron chi connectivity index (χ3n) is 4.66. The van der Waals surface area contributed by atoms with Gasteiger partial charge in [0.05, 0.1) is 12.7 Å². The minimum Gasteiger partial charge on any atom is -0.480 e. The number of rotatable bonds is 14. The Balaban J connectivity index is 5.43. The SMILES string of the molecule is CCC(C)C(NC(=O)C(CCSC)NC(=O)C(N)C(C)O)C(=O)NC(CO)C(=O)O. The van der Waals surface area contributed by atoms with E-state index in [0.29, 0.717) is 12.2 Å². The average molecular weight is 451 g/mol. The number of aliphatic hydroxyl groups excluding tert-OH is 2. The Morgan fingerprint density at radius 1 is 1.00 bits per heavy atom. The third-order valence-corrected chi connectivity index (χ3v) is 5.30. The number of amides is 3. The summed E-state index contributed by atoms with van der Waals surface area (Å²) in [5.41, 5.74) is 5.61. The van der Waals surface area contributed by atoms with Crippen molar-refractivity contribution in [3.05, 3.63) is 0 Å². The van der Waals surface area contributed by atoms with Gasteiger partial charge in [-0.1, -0.05) is 20.3 Å². The minimum atomic E-state index is -1.50. The number of nitrogens with two attached hydrogens (primary N) is 1. The quantitative estimate of drug-likeness (QED) is 0.157. The van der Waals surface area contributed by atoms with Gasteiger partial charge in [-0.3, -0.25) is 14.4 Å². The molecule has 0 spiro atoms. The predicted molar refractivity (Wildman–Crippen MR) is 113 cm³/mol. The van der Waals surface area contributed by atoms with Crippen LogP contribution in [0.15, 0.2) is 0 Å². The first-order valence-electron chi connectivity index (χ1n) is 9.67. The lowest BCUT2D eigenvalue weighted by Crippen LogP contribution is -2.59. The Morgan fingerprint density at radius 3 is 2.00 bits per heavy atom. The number of aliphatic hydroxyl groups is 2. The molecule has 0 aromatic carbocycles. The summed E-state index contributed by atoms with van der Waals surface area (Å²) in [6.45, 7) is 4.06. The maximum atomic E-state index is 12.8. The largest absolute Gasteiger partial charge is 0.480 e. The number of carboxylic acids is 1. The van der Waals surface area contributed by atoms with Crippen molar-refractivity contribution in [3.63, 3.8) is 0 Å². The lowest BCUT2D eigenvalue weighted by Gasteiger charge is -2.28. The van der Waals surface area contributed by atoms with E-state index in [1.54, 1.807) is 13.8 Å². The van der Waals surface area contributed by atoms with E-state index in [9.17, 15) is 24.3 Å². The molecule has 0 heterocycles. The van der Waals surface area contributed by atoms with Gasteiger partial charge in [0.2, 0.25) is 17.7 Å². The lowest BCUT2D eigenvalue weighted by molar-refractivity contribution is -0.143. The number of carbonyl (C=O) groups excluding carboxylic acids is 3. The second-order valence-electron chi connectivity index (χ2n) is 7.06. The van der Waals surface area contributed by atoms with Crippen LogP contribution < -0.4 is 21.7 Å². The number of carboxylic acid groups (broad SMARTS) is 1. The van der Waals surface area contributed by atoms with Crippen molar-refractivity contribution in [2.24, 2.45) is 11.7 Å². The van der Waals surface area contributed by atoms with Gasteiger partial charge in [-0.2, -0.15) is 11.8 Å². The lowest BCUT2D eigenvalue weighted by atomic mass is 9.97. The number of hydrogen-bond donors (Lipinski definition) is 7. The molecule has 30 heavy (non-hydrogen) atoms. The first kappa shape index (κ1) is 28.1. The molecule has 174 valence electrons. The van der Waals surface area contributed by atoms with Gasteiger partial charge >= 0.3 is 5.97 Å². The average Bonchev–Trinajstić information content (AvgIpc) is 2.70. The number of nitrogens with one attached hydrogen (secondary N) is 3. The fourth-order valence-corrected chi connectivity index (χ4v) is 2.87. The Bertz CT molecular complexity index is 591. The molecule has 0 bridgehead atoms. The molecule has 6 unspecified atom stereocenters. The van der Waals surface area contributed by atoms with Crippen LogP contribution in [0.4, 0.5) is 0 Å². The summed E-state index contributed by atoms with van der Waals surface area (Å²) in [6, 6.07) is -4.79. The summed E-state index contributed by atoms with van der Waals surface area (Å²) in [5.74, 6) is -3.31. The maximum absolute atomic E-state index is 12.8. The van der Waals surface area contributed by atoms with E-state index < -0.39 is 60.6 Å². The second-order valence-corrected chi connectivity index (χ2v) is 8.05. The summed E-state index contributed by atoms with van der Waals surface area (Å²) >= 11 is 1.46. The summed E-state index contributed by atoms with van der Waals surface area (Å²) in [6.07, 6.45) is 1.48. The van der Waals surface area contributed by atoms with E-state index in [0.717, 1.165) is 0 Å². The zero-order valence-electron chi connectivity index (χ0n) is 17.8. The van der Waals surface area contributed by atoms with E-state index in [1.807, 2.05) is 6.26 Å². The molecule has 0 aromatic rings. The fraction of sp³-hybridized carbons (Fsp3) is 0.778. The van der Waals surface area contributed by atoms with Crippen LogP contribution in [0, 0.1) is 5.92 Å². The van der Waals surface area contributed by atoms with Crippen molar-refractivity contribution < 1.29 is 34.5 Å². The van der Waals surface area contributed by atoms with E-state index in [1.165, 1.54) is 18.7 Å².